The number of aromatic nitrogens is 2. The molecule has 130 valence electrons. The second-order valence-electron chi connectivity index (χ2n) is 5.71. The van der Waals surface area contributed by atoms with Crippen LogP contribution in [-0.2, 0) is 16.1 Å². The number of aryl methyl sites for hydroxylation is 2. The topological polar surface area (TPSA) is 112 Å². The third-order valence-corrected chi connectivity index (χ3v) is 4.73. The Labute approximate surface area is 143 Å². The Hall–Kier alpha value is -1.97. The maximum atomic E-state index is 12.3. The molecule has 0 aliphatic carbocycles. The summed E-state index contributed by atoms with van der Waals surface area (Å²) in [5.74, 6) is 0.749. The van der Waals surface area contributed by atoms with Crippen LogP contribution >= 0.6 is 11.5 Å². The molecule has 0 aromatic carbocycles. The fourth-order valence-electron chi connectivity index (χ4n) is 2.60. The highest BCUT2D eigenvalue weighted by atomic mass is 32.1. The number of nitrogens with one attached hydrogen (secondary N) is 1. The molecule has 2 aromatic rings. The van der Waals surface area contributed by atoms with E-state index in [1.807, 2.05) is 13.8 Å². The van der Waals surface area contributed by atoms with Crippen molar-refractivity contribution >= 4 is 23.3 Å². The Balaban J connectivity index is 1.63. The number of rotatable bonds is 5. The zero-order valence-electron chi connectivity index (χ0n) is 13.6. The second-order valence-corrected chi connectivity index (χ2v) is 6.34. The maximum Gasteiger partial charge on any atom is 0.256 e. The van der Waals surface area contributed by atoms with Crippen LogP contribution in [0.5, 0.6) is 0 Å². The number of nitrogens with two attached hydrogens (primary N) is 1. The van der Waals surface area contributed by atoms with Crippen LogP contribution in [0.25, 0.3) is 0 Å². The van der Waals surface area contributed by atoms with E-state index in [0.29, 0.717) is 31.8 Å². The highest BCUT2D eigenvalue weighted by Gasteiger charge is 2.29. The van der Waals surface area contributed by atoms with E-state index in [0.717, 1.165) is 28.6 Å². The van der Waals surface area contributed by atoms with Crippen molar-refractivity contribution in [1.82, 2.24) is 14.8 Å². The third-order valence-electron chi connectivity index (χ3n) is 4.09. The van der Waals surface area contributed by atoms with E-state index in [2.05, 4.69) is 14.8 Å². The van der Waals surface area contributed by atoms with E-state index in [1.54, 1.807) is 5.38 Å². The van der Waals surface area contributed by atoms with Crippen molar-refractivity contribution in [2.75, 3.05) is 18.9 Å². The lowest BCUT2D eigenvalue weighted by molar-refractivity contribution is -0.0739. The van der Waals surface area contributed by atoms with Crippen molar-refractivity contribution in [3.05, 3.63) is 28.0 Å². The molecule has 8 nitrogen and oxygen atoms in total. The Morgan fingerprint density at radius 1 is 1.54 bits per heavy atom. The first kappa shape index (κ1) is 16.9. The quantitative estimate of drug-likeness (QED) is 0.837. The Morgan fingerprint density at radius 3 is 3.04 bits per heavy atom. The minimum Gasteiger partial charge on any atom is -0.382 e. The molecule has 1 saturated heterocycles. The number of ether oxygens (including phenoxy) is 2. The molecule has 1 amide bonds. The Bertz CT molecular complexity index is 695. The lowest BCUT2D eigenvalue weighted by Gasteiger charge is -2.32. The van der Waals surface area contributed by atoms with Crippen LogP contribution < -0.4 is 11.1 Å². The summed E-state index contributed by atoms with van der Waals surface area (Å²) < 4.78 is 20.5. The number of hydrogen-bond donors (Lipinski definition) is 2. The number of carbonyl (C=O) groups is 1. The van der Waals surface area contributed by atoms with Crippen molar-refractivity contribution in [2.24, 2.45) is 0 Å². The summed E-state index contributed by atoms with van der Waals surface area (Å²) in [5, 5.41) is 8.53. The lowest BCUT2D eigenvalue weighted by Crippen LogP contribution is -2.50. The molecule has 1 aliphatic rings. The second kappa shape index (κ2) is 7.29. The Morgan fingerprint density at radius 2 is 2.38 bits per heavy atom. The fraction of sp³-hybridized carbons (Fsp3) is 0.533. The van der Waals surface area contributed by atoms with Crippen molar-refractivity contribution in [1.29, 1.82) is 0 Å². The van der Waals surface area contributed by atoms with Gasteiger partial charge >= 0.3 is 0 Å². The number of amides is 1. The number of anilines is 1. The third kappa shape index (κ3) is 3.58. The van der Waals surface area contributed by atoms with Crippen molar-refractivity contribution in [2.45, 2.75) is 39.0 Å². The molecule has 9 heteroatoms. The van der Waals surface area contributed by atoms with Crippen molar-refractivity contribution in [3.8, 4) is 0 Å². The van der Waals surface area contributed by atoms with Crippen LogP contribution in [0.15, 0.2) is 9.90 Å². The zero-order valence-corrected chi connectivity index (χ0v) is 14.4. The highest BCUT2D eigenvalue weighted by Crippen LogP contribution is 2.19. The van der Waals surface area contributed by atoms with E-state index < -0.39 is 0 Å². The van der Waals surface area contributed by atoms with Crippen LogP contribution in [0.3, 0.4) is 0 Å². The van der Waals surface area contributed by atoms with Gasteiger partial charge in [0, 0.05) is 17.6 Å². The van der Waals surface area contributed by atoms with Crippen LogP contribution in [0.1, 0.15) is 33.8 Å². The monoisotopic (exact) mass is 352 g/mol. The average Bonchev–Trinajstić information content (AvgIpc) is 3.13. The lowest BCUT2D eigenvalue weighted by atomic mass is 10.1. The van der Waals surface area contributed by atoms with E-state index in [4.69, 9.17) is 19.7 Å². The number of nitrogen functional groups attached to an aromatic ring is 1. The van der Waals surface area contributed by atoms with Gasteiger partial charge in [-0.15, -0.1) is 0 Å². The van der Waals surface area contributed by atoms with E-state index in [1.165, 1.54) is 0 Å². The largest absolute Gasteiger partial charge is 0.382 e. The molecule has 3 heterocycles. The molecule has 1 fully saturated rings. The van der Waals surface area contributed by atoms with Gasteiger partial charge in [0.05, 0.1) is 30.5 Å². The summed E-state index contributed by atoms with van der Waals surface area (Å²) in [5.41, 5.74) is 7.84. The molecule has 0 spiro atoms. The van der Waals surface area contributed by atoms with Gasteiger partial charge in [0.1, 0.15) is 17.7 Å². The van der Waals surface area contributed by atoms with E-state index in [-0.39, 0.29) is 23.9 Å². The van der Waals surface area contributed by atoms with Crippen molar-refractivity contribution in [3.63, 3.8) is 0 Å². The maximum absolute atomic E-state index is 12.3. The zero-order chi connectivity index (χ0) is 17.1. The highest BCUT2D eigenvalue weighted by molar-refractivity contribution is 7.04. The molecular formula is C15H20N4O4S. The molecule has 3 rings (SSSR count). The van der Waals surface area contributed by atoms with Gasteiger partial charge in [-0.1, -0.05) is 5.16 Å². The summed E-state index contributed by atoms with van der Waals surface area (Å²) in [7, 11) is 0. The van der Waals surface area contributed by atoms with Crippen LogP contribution in [0, 0.1) is 13.8 Å². The first-order chi connectivity index (χ1) is 11.6. The molecule has 0 unspecified atom stereocenters. The minimum absolute atomic E-state index is 0.147. The SMILES string of the molecule is Cc1noc(C)c1CO[C@@H]1COCC[C@H]1NC(=O)c1csnc1N. The van der Waals surface area contributed by atoms with Gasteiger partial charge in [0.25, 0.3) is 5.91 Å². The van der Waals surface area contributed by atoms with E-state index in [9.17, 15) is 4.79 Å². The molecule has 2 atom stereocenters. The fourth-order valence-corrected chi connectivity index (χ4v) is 3.20. The van der Waals surface area contributed by atoms with Crippen LogP contribution in [0.2, 0.25) is 0 Å². The summed E-state index contributed by atoms with van der Waals surface area (Å²) >= 11 is 1.16. The molecule has 3 N–H and O–H groups in total. The first-order valence-corrected chi connectivity index (χ1v) is 8.51. The molecular weight excluding hydrogens is 332 g/mol. The first-order valence-electron chi connectivity index (χ1n) is 7.68. The van der Waals surface area contributed by atoms with Gasteiger partial charge in [-0.2, -0.15) is 4.37 Å². The standard InChI is InChI=1S/C15H20N4O4S/c1-8-10(9(2)23-18-8)5-22-13-6-21-4-3-12(13)17-15(20)11-7-24-19-14(11)16/h7,12-13H,3-6H2,1-2H3,(H2,16,19)(H,17,20)/t12-,13-/m1/s1. The molecule has 0 radical (unpaired) electrons. The van der Waals surface area contributed by atoms with Crippen LogP contribution in [-0.4, -0.2) is 40.8 Å². The van der Waals surface area contributed by atoms with Gasteiger partial charge in [-0.3, -0.25) is 4.79 Å². The number of nitrogens with zero attached hydrogens (tertiary/aromatic N) is 2. The Kier molecular flexibility index (Phi) is 5.12. The number of hydrogen-bond acceptors (Lipinski definition) is 8. The van der Waals surface area contributed by atoms with Gasteiger partial charge in [0.2, 0.25) is 0 Å². The molecule has 2 aromatic heterocycles. The van der Waals surface area contributed by atoms with Crippen molar-refractivity contribution < 1.29 is 18.8 Å². The van der Waals surface area contributed by atoms with Crippen LogP contribution in [0.4, 0.5) is 5.82 Å². The smallest absolute Gasteiger partial charge is 0.256 e. The average molecular weight is 352 g/mol. The minimum atomic E-state index is -0.246. The predicted octanol–water partition coefficient (Wildman–Crippen LogP) is 1.43. The normalized spacial score (nSPS) is 20.9. The molecule has 0 saturated carbocycles. The summed E-state index contributed by atoms with van der Waals surface area (Å²) in [6.07, 6.45) is 0.430. The summed E-state index contributed by atoms with van der Waals surface area (Å²) in [6.45, 7) is 5.09. The summed E-state index contributed by atoms with van der Waals surface area (Å²) in [4.78, 5) is 12.3. The van der Waals surface area contributed by atoms with Gasteiger partial charge < -0.3 is 25.0 Å². The molecule has 1 aliphatic heterocycles. The van der Waals surface area contributed by atoms with Gasteiger partial charge in [0.15, 0.2) is 0 Å². The molecule has 0 bridgehead atoms. The van der Waals surface area contributed by atoms with E-state index >= 15 is 0 Å². The summed E-state index contributed by atoms with van der Waals surface area (Å²) in [6, 6.07) is -0.147. The number of carbonyl (C=O) groups excluding carboxylic acids is 1. The molecule has 24 heavy (non-hydrogen) atoms. The van der Waals surface area contributed by atoms with Gasteiger partial charge in [-0.05, 0) is 31.8 Å². The predicted molar refractivity (Wildman–Crippen MR) is 87.8 cm³/mol. The van der Waals surface area contributed by atoms with Gasteiger partial charge in [-0.25, -0.2) is 0 Å².